The molecule has 34 heavy (non-hydrogen) atoms. The summed E-state index contributed by atoms with van der Waals surface area (Å²) in [5, 5.41) is 9.46. The van der Waals surface area contributed by atoms with E-state index in [4.69, 9.17) is 19.9 Å². The van der Waals surface area contributed by atoms with E-state index >= 15 is 0 Å². The van der Waals surface area contributed by atoms with Crippen molar-refractivity contribution in [3.8, 4) is 38.5 Å². The van der Waals surface area contributed by atoms with Gasteiger partial charge in [0.05, 0.1) is 5.56 Å². The molecule has 1 saturated carbocycles. The van der Waals surface area contributed by atoms with E-state index in [9.17, 15) is 4.79 Å². The van der Waals surface area contributed by atoms with Gasteiger partial charge in [-0.2, -0.15) is 0 Å². The van der Waals surface area contributed by atoms with Gasteiger partial charge in [-0.1, -0.05) is 52.8 Å². The molecule has 170 valence electrons. The Balaban J connectivity index is 1.35. The number of nitrogens with zero attached hydrogens (tertiary/aromatic N) is 3. The van der Waals surface area contributed by atoms with Crippen molar-refractivity contribution >= 4 is 17.2 Å². The maximum atomic E-state index is 12.3. The van der Waals surface area contributed by atoms with Crippen LogP contribution < -0.4 is 19.9 Å². The molecular weight excluding hydrogens is 452 g/mol. The van der Waals surface area contributed by atoms with Gasteiger partial charge in [0.15, 0.2) is 16.5 Å². The van der Waals surface area contributed by atoms with Gasteiger partial charge >= 0.3 is 0 Å². The minimum Gasteiger partial charge on any atom is -0.464 e. The number of ether oxygens (including phenoxy) is 3. The Bertz CT molecular complexity index is 1400. The number of benzene rings is 2. The number of para-hydroxylation sites is 1. The molecule has 0 saturated heterocycles. The Morgan fingerprint density at radius 1 is 1.09 bits per heavy atom. The lowest BCUT2D eigenvalue weighted by atomic mass is 9.92. The van der Waals surface area contributed by atoms with E-state index in [-0.39, 0.29) is 13.4 Å². The molecule has 0 atom stereocenters. The standard InChI is InChI=1S/C25H20N4O4S/c26-23(30)18-10-11-27-21(20(18)17-6-2-1-5-16(17)14-8-9-14)24-28-29-25(34-24)31-12-15-4-3-7-19-22(15)33-13-32-19/h1-7,10-11,14H,8-9,12-13H2,(H2,26,30). The molecule has 2 N–H and O–H groups in total. The number of aromatic nitrogens is 3. The molecule has 1 aliphatic carbocycles. The van der Waals surface area contributed by atoms with Crippen LogP contribution in [0.2, 0.25) is 0 Å². The molecule has 8 nitrogen and oxygen atoms in total. The normalized spacial score (nSPS) is 14.2. The number of rotatable bonds is 7. The first-order chi connectivity index (χ1) is 16.7. The van der Waals surface area contributed by atoms with Crippen molar-refractivity contribution < 1.29 is 19.0 Å². The smallest absolute Gasteiger partial charge is 0.294 e. The van der Waals surface area contributed by atoms with Crippen LogP contribution in [0.5, 0.6) is 16.7 Å². The van der Waals surface area contributed by atoms with Crippen LogP contribution in [-0.4, -0.2) is 27.9 Å². The minimum absolute atomic E-state index is 0.197. The predicted octanol–water partition coefficient (Wildman–Crippen LogP) is 4.55. The van der Waals surface area contributed by atoms with Gasteiger partial charge in [0.1, 0.15) is 12.3 Å². The molecule has 1 fully saturated rings. The average Bonchev–Trinajstić information content (AvgIpc) is 3.40. The van der Waals surface area contributed by atoms with Crippen LogP contribution in [-0.2, 0) is 6.61 Å². The highest BCUT2D eigenvalue weighted by atomic mass is 32.1. The predicted molar refractivity (Wildman–Crippen MR) is 126 cm³/mol. The first kappa shape index (κ1) is 20.6. The van der Waals surface area contributed by atoms with Crippen molar-refractivity contribution in [1.29, 1.82) is 0 Å². The van der Waals surface area contributed by atoms with Crippen LogP contribution in [0.15, 0.2) is 54.7 Å². The molecule has 3 heterocycles. The Morgan fingerprint density at radius 2 is 1.97 bits per heavy atom. The molecule has 2 aliphatic rings. The highest BCUT2D eigenvalue weighted by Gasteiger charge is 2.29. The number of fused-ring (bicyclic) bond motifs is 1. The topological polar surface area (TPSA) is 109 Å². The Kier molecular flexibility index (Phi) is 5.10. The molecule has 0 bridgehead atoms. The first-order valence-corrected chi connectivity index (χ1v) is 11.7. The molecule has 0 spiro atoms. The van der Waals surface area contributed by atoms with Gasteiger partial charge in [0.25, 0.3) is 5.19 Å². The molecule has 2 aromatic heterocycles. The number of carbonyl (C=O) groups is 1. The number of amides is 1. The van der Waals surface area contributed by atoms with Crippen LogP contribution in [0, 0.1) is 0 Å². The molecule has 1 aliphatic heterocycles. The van der Waals surface area contributed by atoms with E-state index in [1.165, 1.54) is 16.9 Å². The molecule has 9 heteroatoms. The van der Waals surface area contributed by atoms with E-state index in [1.54, 1.807) is 12.3 Å². The molecule has 0 radical (unpaired) electrons. The van der Waals surface area contributed by atoms with Crippen LogP contribution in [0.25, 0.3) is 21.8 Å². The fourth-order valence-corrected chi connectivity index (χ4v) is 4.88. The summed E-state index contributed by atoms with van der Waals surface area (Å²) in [6.07, 6.45) is 3.84. The molecule has 4 aromatic rings. The Hall–Kier alpha value is -3.98. The lowest BCUT2D eigenvalue weighted by molar-refractivity contribution is 0.100. The fraction of sp³-hybridized carbons (Fsp3) is 0.200. The maximum absolute atomic E-state index is 12.3. The van der Waals surface area contributed by atoms with Gasteiger partial charge in [0.2, 0.25) is 12.7 Å². The zero-order valence-corrected chi connectivity index (χ0v) is 18.9. The maximum Gasteiger partial charge on any atom is 0.294 e. The third-order valence-corrected chi connectivity index (χ3v) is 6.74. The van der Waals surface area contributed by atoms with E-state index in [0.717, 1.165) is 24.0 Å². The summed E-state index contributed by atoms with van der Waals surface area (Å²) in [7, 11) is 0. The summed E-state index contributed by atoms with van der Waals surface area (Å²) in [6.45, 7) is 0.454. The van der Waals surface area contributed by atoms with E-state index in [1.807, 2.05) is 36.4 Å². The summed E-state index contributed by atoms with van der Waals surface area (Å²) >= 11 is 1.27. The number of carbonyl (C=O) groups excluding carboxylic acids is 1. The molecule has 6 rings (SSSR count). The highest BCUT2D eigenvalue weighted by molar-refractivity contribution is 7.16. The second kappa shape index (κ2) is 8.42. The zero-order valence-electron chi connectivity index (χ0n) is 18.1. The second-order valence-corrected chi connectivity index (χ2v) is 9.06. The van der Waals surface area contributed by atoms with Crippen molar-refractivity contribution in [2.45, 2.75) is 25.4 Å². The van der Waals surface area contributed by atoms with Gasteiger partial charge < -0.3 is 19.9 Å². The van der Waals surface area contributed by atoms with E-state index in [0.29, 0.717) is 44.4 Å². The quantitative estimate of drug-likeness (QED) is 0.420. The molecule has 2 aromatic carbocycles. The van der Waals surface area contributed by atoms with E-state index < -0.39 is 5.91 Å². The van der Waals surface area contributed by atoms with Crippen LogP contribution in [0.4, 0.5) is 0 Å². The monoisotopic (exact) mass is 472 g/mol. The zero-order chi connectivity index (χ0) is 23.1. The van der Waals surface area contributed by atoms with Gasteiger partial charge in [-0.05, 0) is 42.0 Å². The first-order valence-electron chi connectivity index (χ1n) is 10.9. The lowest BCUT2D eigenvalue weighted by Crippen LogP contribution is -2.14. The minimum atomic E-state index is -0.509. The van der Waals surface area contributed by atoms with Crippen LogP contribution in [0.3, 0.4) is 0 Å². The summed E-state index contributed by atoms with van der Waals surface area (Å²) < 4.78 is 16.9. The molecular formula is C25H20N4O4S. The number of primary amides is 1. The number of nitrogens with two attached hydrogens (primary N) is 1. The Morgan fingerprint density at radius 3 is 2.82 bits per heavy atom. The van der Waals surface area contributed by atoms with Crippen LogP contribution >= 0.6 is 11.3 Å². The van der Waals surface area contributed by atoms with Crippen LogP contribution in [0.1, 0.15) is 40.2 Å². The highest BCUT2D eigenvalue weighted by Crippen LogP contribution is 2.47. The number of pyridine rings is 1. The Labute approximate surface area is 199 Å². The molecule has 1 amide bonds. The second-order valence-electron chi connectivity index (χ2n) is 8.12. The van der Waals surface area contributed by atoms with Crippen molar-refractivity contribution in [2.24, 2.45) is 5.73 Å². The summed E-state index contributed by atoms with van der Waals surface area (Å²) in [5.74, 6) is 1.36. The average molecular weight is 473 g/mol. The largest absolute Gasteiger partial charge is 0.464 e. The van der Waals surface area contributed by atoms with Crippen molar-refractivity contribution in [3.63, 3.8) is 0 Å². The lowest BCUT2D eigenvalue weighted by Gasteiger charge is -2.14. The third kappa shape index (κ3) is 3.73. The molecule has 0 unspecified atom stereocenters. The van der Waals surface area contributed by atoms with Crippen molar-refractivity contribution in [3.05, 3.63) is 71.4 Å². The number of hydrogen-bond acceptors (Lipinski definition) is 8. The van der Waals surface area contributed by atoms with Crippen molar-refractivity contribution in [1.82, 2.24) is 15.2 Å². The van der Waals surface area contributed by atoms with Crippen molar-refractivity contribution in [2.75, 3.05) is 6.79 Å². The fourth-order valence-electron chi connectivity index (χ4n) is 4.18. The van der Waals surface area contributed by atoms with Gasteiger partial charge in [-0.3, -0.25) is 9.78 Å². The summed E-state index contributed by atoms with van der Waals surface area (Å²) in [6, 6.07) is 15.4. The van der Waals surface area contributed by atoms with Gasteiger partial charge in [-0.25, -0.2) is 0 Å². The van der Waals surface area contributed by atoms with E-state index in [2.05, 4.69) is 21.2 Å². The van der Waals surface area contributed by atoms with Gasteiger partial charge in [0, 0.05) is 17.3 Å². The third-order valence-electron chi connectivity index (χ3n) is 5.90. The van der Waals surface area contributed by atoms with Gasteiger partial charge in [-0.15, -0.1) is 5.10 Å². The summed E-state index contributed by atoms with van der Waals surface area (Å²) in [5.41, 5.74) is 10.4. The summed E-state index contributed by atoms with van der Waals surface area (Å²) in [4.78, 5) is 16.9. The number of hydrogen-bond donors (Lipinski definition) is 1. The SMILES string of the molecule is NC(=O)c1ccnc(-c2nnc(OCc3cccc4c3OCO4)s2)c1-c1ccccc1C1CC1.